The molecular formula is C25H27N4O3. The maximum absolute atomic E-state index is 5.86. The van der Waals surface area contributed by atoms with Crippen LogP contribution in [0, 0.1) is 0 Å². The van der Waals surface area contributed by atoms with Gasteiger partial charge in [0.15, 0.2) is 11.5 Å². The van der Waals surface area contributed by atoms with E-state index in [1.807, 2.05) is 42.5 Å². The van der Waals surface area contributed by atoms with Crippen molar-refractivity contribution in [2.45, 2.75) is 19.3 Å². The second-order valence-electron chi connectivity index (χ2n) is 8.04. The smallest absolute Gasteiger partial charge is 0.231 e. The highest BCUT2D eigenvalue weighted by Gasteiger charge is 2.21. The van der Waals surface area contributed by atoms with Gasteiger partial charge >= 0.3 is 0 Å². The van der Waals surface area contributed by atoms with Crippen molar-refractivity contribution in [3.8, 4) is 23.0 Å². The molecule has 2 heterocycles. The molecule has 0 aliphatic carbocycles. The van der Waals surface area contributed by atoms with Crippen LogP contribution >= 0.6 is 0 Å². The van der Waals surface area contributed by atoms with Gasteiger partial charge in [-0.1, -0.05) is 18.2 Å². The second kappa shape index (κ2) is 9.48. The highest BCUT2D eigenvalue weighted by Crippen LogP contribution is 2.32. The molecular weight excluding hydrogens is 404 g/mol. The van der Waals surface area contributed by atoms with Crippen LogP contribution in [0.1, 0.15) is 11.1 Å². The summed E-state index contributed by atoms with van der Waals surface area (Å²) in [6, 6.07) is 21.7. The number of anilines is 1. The Bertz CT molecular complexity index is 1040. The molecule has 2 aliphatic heterocycles. The Kier molecular flexibility index (Phi) is 6.11. The van der Waals surface area contributed by atoms with Gasteiger partial charge in [0.05, 0.1) is 6.17 Å². The zero-order valence-electron chi connectivity index (χ0n) is 17.9. The van der Waals surface area contributed by atoms with E-state index < -0.39 is 0 Å². The average Bonchev–Trinajstić information content (AvgIpc) is 3.28. The zero-order chi connectivity index (χ0) is 21.8. The lowest BCUT2D eigenvalue weighted by atomic mass is 10.1. The van der Waals surface area contributed by atoms with E-state index in [2.05, 4.69) is 34.5 Å². The van der Waals surface area contributed by atoms with Crippen molar-refractivity contribution in [2.75, 3.05) is 32.2 Å². The van der Waals surface area contributed by atoms with E-state index in [4.69, 9.17) is 25.3 Å². The number of ether oxygens (including phenoxy) is 3. The van der Waals surface area contributed by atoms with Crippen molar-refractivity contribution < 1.29 is 14.2 Å². The molecule has 7 nitrogen and oxygen atoms in total. The van der Waals surface area contributed by atoms with Crippen molar-refractivity contribution in [3.05, 3.63) is 77.9 Å². The van der Waals surface area contributed by atoms with Crippen LogP contribution in [0.2, 0.25) is 0 Å². The summed E-state index contributed by atoms with van der Waals surface area (Å²) in [7, 11) is 0. The molecule has 1 atom stereocenters. The molecule has 1 radical (unpaired) electrons. The van der Waals surface area contributed by atoms with Gasteiger partial charge in [0.1, 0.15) is 11.5 Å². The highest BCUT2D eigenvalue weighted by molar-refractivity contribution is 5.45. The lowest BCUT2D eigenvalue weighted by Crippen LogP contribution is -2.52. The molecule has 0 bridgehead atoms. The fraction of sp³-hybridized carbons (Fsp3) is 0.280. The van der Waals surface area contributed by atoms with Gasteiger partial charge < -0.3 is 19.9 Å². The van der Waals surface area contributed by atoms with Crippen LogP contribution in [0.25, 0.3) is 0 Å². The first-order valence-corrected chi connectivity index (χ1v) is 10.8. The highest BCUT2D eigenvalue weighted by atomic mass is 16.7. The quantitative estimate of drug-likeness (QED) is 0.559. The molecule has 3 aromatic carbocycles. The molecule has 165 valence electrons. The van der Waals surface area contributed by atoms with Crippen LogP contribution in [0.3, 0.4) is 0 Å². The lowest BCUT2D eigenvalue weighted by Gasteiger charge is -2.33. The predicted octanol–water partition coefficient (Wildman–Crippen LogP) is 3.33. The monoisotopic (exact) mass is 431 g/mol. The number of benzene rings is 3. The van der Waals surface area contributed by atoms with Crippen LogP contribution < -0.4 is 30.6 Å². The normalized spacial score (nSPS) is 17.9. The van der Waals surface area contributed by atoms with Gasteiger partial charge in [-0.3, -0.25) is 10.2 Å². The molecule has 7 heteroatoms. The van der Waals surface area contributed by atoms with Gasteiger partial charge in [0, 0.05) is 38.4 Å². The average molecular weight is 432 g/mol. The van der Waals surface area contributed by atoms with Crippen LogP contribution in [-0.2, 0) is 13.1 Å². The fourth-order valence-electron chi connectivity index (χ4n) is 3.90. The number of nitrogens with one attached hydrogen (secondary N) is 1. The topological polar surface area (TPSA) is 83.1 Å². The number of fused-ring (bicyclic) bond motifs is 1. The number of piperazine rings is 1. The number of hydrogen-bond donors (Lipinski definition) is 2. The summed E-state index contributed by atoms with van der Waals surface area (Å²) in [5, 5.41) is 8.31. The minimum absolute atomic E-state index is 0.114. The van der Waals surface area contributed by atoms with E-state index >= 15 is 0 Å². The van der Waals surface area contributed by atoms with Gasteiger partial charge in [-0.2, -0.15) is 0 Å². The third-order valence-corrected chi connectivity index (χ3v) is 5.62. The van der Waals surface area contributed by atoms with Gasteiger partial charge in [-0.25, -0.2) is 5.32 Å². The third kappa shape index (κ3) is 5.13. The molecule has 32 heavy (non-hydrogen) atoms. The molecule has 0 amide bonds. The summed E-state index contributed by atoms with van der Waals surface area (Å²) in [6.45, 7) is 4.62. The molecule has 0 spiro atoms. The molecule has 1 unspecified atom stereocenters. The standard InChI is InChI=1S/C25H27N4O3/c26-20-4-8-22(9-5-20)32-21-6-1-18(2-7-21)14-28-25-16-29(12-11-27-25)15-19-3-10-23-24(13-19)31-17-30-23/h1-10,13,25,28H,11-12,14-17,26H2. The van der Waals surface area contributed by atoms with Crippen molar-refractivity contribution >= 4 is 5.69 Å². The SMILES string of the molecule is Nc1ccc(Oc2ccc(CNC3CN(Cc4ccc5c(c4)OCO5)CC[N]3)cc2)cc1. The lowest BCUT2D eigenvalue weighted by molar-refractivity contribution is 0.169. The number of nitrogens with zero attached hydrogens (tertiary/aromatic N) is 2. The van der Waals surface area contributed by atoms with Crippen LogP contribution in [0.15, 0.2) is 66.7 Å². The van der Waals surface area contributed by atoms with E-state index in [1.165, 1.54) is 11.1 Å². The Morgan fingerprint density at radius 3 is 2.47 bits per heavy atom. The van der Waals surface area contributed by atoms with Gasteiger partial charge in [0.25, 0.3) is 0 Å². The number of hydrogen-bond acceptors (Lipinski definition) is 6. The van der Waals surface area contributed by atoms with Crippen molar-refractivity contribution in [1.29, 1.82) is 0 Å². The van der Waals surface area contributed by atoms with E-state index in [1.54, 1.807) is 0 Å². The predicted molar refractivity (Wildman–Crippen MR) is 123 cm³/mol. The Morgan fingerprint density at radius 2 is 1.66 bits per heavy atom. The van der Waals surface area contributed by atoms with E-state index in [9.17, 15) is 0 Å². The van der Waals surface area contributed by atoms with Gasteiger partial charge in [-0.15, -0.1) is 0 Å². The molecule has 5 rings (SSSR count). The Morgan fingerprint density at radius 1 is 0.938 bits per heavy atom. The Labute approximate surface area is 188 Å². The summed E-state index contributed by atoms with van der Waals surface area (Å²) in [5.41, 5.74) is 8.86. The third-order valence-electron chi connectivity index (χ3n) is 5.62. The van der Waals surface area contributed by atoms with Crippen molar-refractivity contribution in [1.82, 2.24) is 15.5 Å². The molecule has 3 aromatic rings. The number of nitrogen functional groups attached to an aromatic ring is 1. The van der Waals surface area contributed by atoms with E-state index in [0.717, 1.165) is 61.4 Å². The van der Waals surface area contributed by atoms with Gasteiger partial charge in [0.2, 0.25) is 6.79 Å². The largest absolute Gasteiger partial charge is 0.457 e. The first-order valence-electron chi connectivity index (χ1n) is 10.8. The molecule has 2 aliphatic rings. The zero-order valence-corrected chi connectivity index (χ0v) is 17.9. The van der Waals surface area contributed by atoms with Crippen LogP contribution in [0.5, 0.6) is 23.0 Å². The van der Waals surface area contributed by atoms with Crippen molar-refractivity contribution in [3.63, 3.8) is 0 Å². The summed E-state index contributed by atoms with van der Waals surface area (Å²) >= 11 is 0. The first-order chi connectivity index (χ1) is 15.7. The maximum atomic E-state index is 5.86. The van der Waals surface area contributed by atoms with E-state index in [-0.39, 0.29) is 6.17 Å². The van der Waals surface area contributed by atoms with Gasteiger partial charge in [-0.05, 0) is 59.7 Å². The second-order valence-corrected chi connectivity index (χ2v) is 8.04. The molecule has 0 aromatic heterocycles. The summed E-state index contributed by atoms with van der Waals surface area (Å²) in [6.07, 6.45) is 0.114. The summed E-state index contributed by atoms with van der Waals surface area (Å²) in [5.74, 6) is 3.24. The van der Waals surface area contributed by atoms with Crippen LogP contribution in [-0.4, -0.2) is 37.5 Å². The molecule has 1 saturated heterocycles. The number of rotatable bonds is 7. The molecule has 3 N–H and O–H groups in total. The first kappa shape index (κ1) is 20.6. The Balaban J connectivity index is 1.11. The number of nitrogens with two attached hydrogens (primary N) is 1. The summed E-state index contributed by atoms with van der Waals surface area (Å²) in [4.78, 5) is 2.42. The fourth-order valence-corrected chi connectivity index (χ4v) is 3.90. The molecule has 0 saturated carbocycles. The molecule has 1 fully saturated rings. The Hall–Kier alpha value is -3.26. The maximum Gasteiger partial charge on any atom is 0.231 e. The van der Waals surface area contributed by atoms with E-state index in [0.29, 0.717) is 6.79 Å². The minimum Gasteiger partial charge on any atom is -0.457 e. The summed E-state index contributed by atoms with van der Waals surface area (Å²) < 4.78 is 16.8. The minimum atomic E-state index is 0.114. The van der Waals surface area contributed by atoms with Crippen LogP contribution in [0.4, 0.5) is 5.69 Å². The van der Waals surface area contributed by atoms with Crippen molar-refractivity contribution in [2.24, 2.45) is 0 Å².